The summed E-state index contributed by atoms with van der Waals surface area (Å²) >= 11 is 0. The van der Waals surface area contributed by atoms with Crippen LogP contribution >= 0.6 is 0 Å². The highest BCUT2D eigenvalue weighted by molar-refractivity contribution is 6.00. The van der Waals surface area contributed by atoms with Gasteiger partial charge in [-0.15, -0.1) is 0 Å². The molecule has 6 heteroatoms. The number of aromatic nitrogens is 1. The number of pyridine rings is 1. The van der Waals surface area contributed by atoms with Gasteiger partial charge >= 0.3 is 0 Å². The minimum Gasteiger partial charge on any atom is -0.381 e. The molecule has 1 aliphatic carbocycles. The Hall–Kier alpha value is -2.57. The maximum Gasteiger partial charge on any atom is 0.269 e. The first-order valence-corrected chi connectivity index (χ1v) is 9.55. The van der Waals surface area contributed by atoms with Gasteiger partial charge in [0.1, 0.15) is 11.8 Å². The highest BCUT2D eigenvalue weighted by Crippen LogP contribution is 2.53. The Morgan fingerprint density at radius 2 is 1.93 bits per heavy atom. The first-order chi connectivity index (χ1) is 13.6. The lowest BCUT2D eigenvalue weighted by Gasteiger charge is -2.17. The Morgan fingerprint density at radius 3 is 2.57 bits per heavy atom. The highest BCUT2D eigenvalue weighted by atomic mass is 16.5. The third kappa shape index (κ3) is 3.57. The van der Waals surface area contributed by atoms with Gasteiger partial charge in [-0.3, -0.25) is 9.59 Å². The van der Waals surface area contributed by atoms with Gasteiger partial charge in [0.25, 0.3) is 5.91 Å². The summed E-state index contributed by atoms with van der Waals surface area (Å²) in [5.41, 5.74) is 2.20. The van der Waals surface area contributed by atoms with Crippen LogP contribution in [0.15, 0.2) is 42.5 Å². The Morgan fingerprint density at radius 1 is 1.21 bits per heavy atom. The molecular weight excluding hydrogens is 356 g/mol. The summed E-state index contributed by atoms with van der Waals surface area (Å²) in [7, 11) is 3.15. The number of ether oxygens (including phenoxy) is 2. The van der Waals surface area contributed by atoms with Crippen molar-refractivity contribution >= 4 is 11.7 Å². The Kier molecular flexibility index (Phi) is 5.24. The molecule has 0 radical (unpaired) electrons. The number of benzene rings is 1. The zero-order valence-corrected chi connectivity index (χ0v) is 16.1. The van der Waals surface area contributed by atoms with E-state index in [-0.39, 0.29) is 17.4 Å². The lowest BCUT2D eigenvalue weighted by atomic mass is 9.99. The fraction of sp³-hybridized carbons (Fsp3) is 0.409. The minimum atomic E-state index is -0.453. The van der Waals surface area contributed by atoms with Gasteiger partial charge in [-0.25, -0.2) is 4.98 Å². The van der Waals surface area contributed by atoms with Crippen LogP contribution in [0.2, 0.25) is 0 Å². The number of hydrogen-bond acceptors (Lipinski definition) is 5. The second kappa shape index (κ2) is 7.81. The lowest BCUT2D eigenvalue weighted by molar-refractivity contribution is 0.0949. The molecular formula is C22H24N2O4. The predicted octanol–water partition coefficient (Wildman–Crippen LogP) is 2.64. The summed E-state index contributed by atoms with van der Waals surface area (Å²) in [6, 6.07) is 13.0. The molecule has 1 saturated carbocycles. The molecule has 1 aromatic carbocycles. The van der Waals surface area contributed by atoms with Crippen LogP contribution in [0.3, 0.4) is 0 Å². The van der Waals surface area contributed by atoms with Crippen LogP contribution < -0.4 is 5.32 Å². The molecule has 4 atom stereocenters. The van der Waals surface area contributed by atoms with E-state index in [0.29, 0.717) is 35.4 Å². The molecule has 4 rings (SSSR count). The van der Waals surface area contributed by atoms with Crippen LogP contribution in [0, 0.1) is 17.8 Å². The van der Waals surface area contributed by atoms with E-state index in [1.165, 1.54) is 0 Å². The Balaban J connectivity index is 1.65. The summed E-state index contributed by atoms with van der Waals surface area (Å²) in [6.45, 7) is 1.51. The van der Waals surface area contributed by atoms with Crippen molar-refractivity contribution in [2.45, 2.75) is 12.5 Å². The number of Topliss-reactive ketones (excluding diaryl/α,β-unsaturated/α-hetero) is 1. The van der Waals surface area contributed by atoms with Crippen molar-refractivity contribution in [3.63, 3.8) is 0 Å². The topological polar surface area (TPSA) is 77.5 Å². The van der Waals surface area contributed by atoms with Crippen LogP contribution in [-0.4, -0.2) is 44.0 Å². The number of hydrogen-bond donors (Lipinski definition) is 1. The maximum atomic E-state index is 12.9. The summed E-state index contributed by atoms with van der Waals surface area (Å²) in [4.78, 5) is 29.7. The lowest BCUT2D eigenvalue weighted by Crippen LogP contribution is -2.21. The van der Waals surface area contributed by atoms with Gasteiger partial charge in [0, 0.05) is 26.1 Å². The van der Waals surface area contributed by atoms with E-state index in [9.17, 15) is 9.59 Å². The van der Waals surface area contributed by atoms with Gasteiger partial charge in [0.2, 0.25) is 0 Å². The van der Waals surface area contributed by atoms with E-state index >= 15 is 0 Å². The number of rotatable bonds is 7. The summed E-state index contributed by atoms with van der Waals surface area (Å²) in [5, 5.41) is 2.59. The van der Waals surface area contributed by atoms with Crippen molar-refractivity contribution in [2.75, 3.05) is 27.4 Å². The average molecular weight is 380 g/mol. The molecule has 6 nitrogen and oxygen atoms in total. The molecule has 1 N–H and O–H groups in total. The third-order valence-corrected chi connectivity index (χ3v) is 5.78. The molecule has 0 bridgehead atoms. The van der Waals surface area contributed by atoms with Gasteiger partial charge in [-0.1, -0.05) is 30.3 Å². The van der Waals surface area contributed by atoms with Gasteiger partial charge in [-0.05, 0) is 35.4 Å². The Bertz CT molecular complexity index is 873. The number of nitrogens with one attached hydrogen (secondary N) is 1. The van der Waals surface area contributed by atoms with Crippen molar-refractivity contribution in [3.8, 4) is 0 Å². The van der Waals surface area contributed by atoms with E-state index in [1.807, 2.05) is 30.3 Å². The molecule has 146 valence electrons. The fourth-order valence-electron chi connectivity index (χ4n) is 4.14. The van der Waals surface area contributed by atoms with Crippen molar-refractivity contribution in [1.82, 2.24) is 10.3 Å². The average Bonchev–Trinajstić information content (AvgIpc) is 3.14. The summed E-state index contributed by atoms with van der Waals surface area (Å²) in [6.07, 6.45) is 0.0317. The SMILES string of the molecule is CNC(=O)c1cc(C(=O)CC2[C@H]3COC[C@@H]23)cc(C(OC)c2ccccc2)n1. The molecule has 2 aliphatic rings. The molecule has 2 unspecified atom stereocenters. The summed E-state index contributed by atoms with van der Waals surface area (Å²) < 4.78 is 11.1. The van der Waals surface area contributed by atoms with Gasteiger partial charge < -0.3 is 14.8 Å². The zero-order chi connectivity index (χ0) is 19.7. The molecule has 1 amide bonds. The molecule has 2 heterocycles. The predicted molar refractivity (Wildman–Crippen MR) is 103 cm³/mol. The van der Waals surface area contributed by atoms with Crippen molar-refractivity contribution in [2.24, 2.45) is 17.8 Å². The number of amides is 1. The van der Waals surface area contributed by atoms with Crippen LogP contribution in [-0.2, 0) is 9.47 Å². The molecule has 1 aromatic heterocycles. The quantitative estimate of drug-likeness (QED) is 0.747. The molecule has 0 spiro atoms. The Labute approximate surface area is 164 Å². The van der Waals surface area contributed by atoms with E-state index in [1.54, 1.807) is 26.3 Å². The smallest absolute Gasteiger partial charge is 0.269 e. The molecule has 2 fully saturated rings. The normalized spacial score (nSPS) is 23.7. The van der Waals surface area contributed by atoms with Crippen LogP contribution in [0.1, 0.15) is 44.6 Å². The number of nitrogens with zero attached hydrogens (tertiary/aromatic N) is 1. The van der Waals surface area contributed by atoms with Crippen LogP contribution in [0.5, 0.6) is 0 Å². The van der Waals surface area contributed by atoms with E-state index in [2.05, 4.69) is 10.3 Å². The van der Waals surface area contributed by atoms with E-state index < -0.39 is 6.10 Å². The van der Waals surface area contributed by atoms with Gasteiger partial charge in [0.15, 0.2) is 5.78 Å². The standard InChI is InChI=1S/C22H24N2O4/c1-23-22(26)19-9-14(20(25)10-15-16-11-28-12-17(15)16)8-18(24-19)21(27-2)13-6-4-3-5-7-13/h3-9,15-17,21H,10-12H2,1-2H3,(H,23,26)/t15?,16-,17+,21?. The van der Waals surface area contributed by atoms with Crippen LogP contribution in [0.25, 0.3) is 0 Å². The number of ketones is 1. The second-order valence-electron chi connectivity index (χ2n) is 7.43. The fourth-order valence-corrected chi connectivity index (χ4v) is 4.14. The first-order valence-electron chi connectivity index (χ1n) is 9.55. The molecule has 2 aromatic rings. The highest BCUT2D eigenvalue weighted by Gasteiger charge is 2.54. The first kappa shape index (κ1) is 18.8. The second-order valence-corrected chi connectivity index (χ2v) is 7.43. The number of carbonyl (C=O) groups excluding carboxylic acids is 2. The maximum absolute atomic E-state index is 12.9. The minimum absolute atomic E-state index is 0.0381. The third-order valence-electron chi connectivity index (χ3n) is 5.78. The number of methoxy groups -OCH3 is 1. The van der Waals surface area contributed by atoms with E-state index in [4.69, 9.17) is 9.47 Å². The van der Waals surface area contributed by atoms with Crippen molar-refractivity contribution < 1.29 is 19.1 Å². The van der Waals surface area contributed by atoms with Gasteiger partial charge in [0.05, 0.1) is 18.9 Å². The van der Waals surface area contributed by atoms with Crippen molar-refractivity contribution in [3.05, 3.63) is 65.0 Å². The van der Waals surface area contributed by atoms with Crippen LogP contribution in [0.4, 0.5) is 0 Å². The van der Waals surface area contributed by atoms with Gasteiger partial charge in [-0.2, -0.15) is 0 Å². The molecule has 28 heavy (non-hydrogen) atoms. The number of fused-ring (bicyclic) bond motifs is 1. The monoisotopic (exact) mass is 380 g/mol. The summed E-state index contributed by atoms with van der Waals surface area (Å²) in [5.74, 6) is 1.14. The molecule has 1 aliphatic heterocycles. The number of carbonyl (C=O) groups is 2. The zero-order valence-electron chi connectivity index (χ0n) is 16.1. The van der Waals surface area contributed by atoms with E-state index in [0.717, 1.165) is 18.8 Å². The van der Waals surface area contributed by atoms with Crippen molar-refractivity contribution in [1.29, 1.82) is 0 Å². The largest absolute Gasteiger partial charge is 0.381 e. The molecule has 1 saturated heterocycles.